The number of hydrogen-bond donors (Lipinski definition) is 0. The van der Waals surface area contributed by atoms with Crippen molar-refractivity contribution in [3.05, 3.63) is 34.9 Å². The van der Waals surface area contributed by atoms with Crippen LogP contribution in [0.4, 0.5) is 0 Å². The van der Waals surface area contributed by atoms with Gasteiger partial charge in [-0.15, -0.1) is 0 Å². The molecule has 0 radical (unpaired) electrons. The highest BCUT2D eigenvalue weighted by atomic mass is 35.5. The molecule has 0 aliphatic carbocycles. The van der Waals surface area contributed by atoms with Gasteiger partial charge in [-0.1, -0.05) is 18.5 Å². The van der Waals surface area contributed by atoms with E-state index in [-0.39, 0.29) is 18.5 Å². The van der Waals surface area contributed by atoms with Gasteiger partial charge in [0.25, 0.3) is 0 Å². The van der Waals surface area contributed by atoms with Crippen molar-refractivity contribution in [3.8, 4) is 0 Å². The first-order chi connectivity index (χ1) is 7.13. The van der Waals surface area contributed by atoms with E-state index in [9.17, 15) is 4.79 Å². The summed E-state index contributed by atoms with van der Waals surface area (Å²) < 4.78 is 5.36. The molecule has 3 heteroatoms. The molecule has 0 aromatic heterocycles. The minimum Gasteiger partial charge on any atom is -0.370 e. The van der Waals surface area contributed by atoms with Gasteiger partial charge in [-0.2, -0.15) is 0 Å². The summed E-state index contributed by atoms with van der Waals surface area (Å²) in [6, 6.07) is 6.84. The molecule has 0 fully saturated rings. The second-order valence-corrected chi connectivity index (χ2v) is 3.90. The molecular formula is C12H15ClO2. The van der Waals surface area contributed by atoms with Crippen LogP contribution in [0.5, 0.6) is 0 Å². The van der Waals surface area contributed by atoms with E-state index in [0.717, 1.165) is 6.42 Å². The largest absolute Gasteiger partial charge is 0.370 e. The average molecular weight is 227 g/mol. The number of rotatable bonds is 5. The summed E-state index contributed by atoms with van der Waals surface area (Å²) >= 11 is 5.72. The molecule has 1 aromatic rings. The van der Waals surface area contributed by atoms with Gasteiger partial charge in [0.2, 0.25) is 0 Å². The van der Waals surface area contributed by atoms with Gasteiger partial charge in [-0.3, -0.25) is 4.79 Å². The van der Waals surface area contributed by atoms with Crippen LogP contribution in [0.25, 0.3) is 0 Å². The Morgan fingerprint density at radius 1 is 1.40 bits per heavy atom. The molecule has 0 saturated carbocycles. The summed E-state index contributed by atoms with van der Waals surface area (Å²) in [5.74, 6) is -0.00744. The molecule has 0 spiro atoms. The number of ether oxygens (including phenoxy) is 1. The van der Waals surface area contributed by atoms with E-state index in [1.54, 1.807) is 24.3 Å². The molecule has 2 nitrogen and oxygen atoms in total. The highest BCUT2D eigenvalue weighted by Crippen LogP contribution is 2.10. The van der Waals surface area contributed by atoms with Crippen LogP contribution in [0, 0.1) is 0 Å². The van der Waals surface area contributed by atoms with Crippen LogP contribution in [0.3, 0.4) is 0 Å². The molecule has 1 unspecified atom stereocenters. The first-order valence-corrected chi connectivity index (χ1v) is 5.41. The number of ketones is 1. The zero-order chi connectivity index (χ0) is 11.3. The Kier molecular flexibility index (Phi) is 4.79. The third kappa shape index (κ3) is 4.02. The van der Waals surface area contributed by atoms with E-state index < -0.39 is 0 Å². The fourth-order valence-electron chi connectivity index (χ4n) is 1.05. The smallest absolute Gasteiger partial charge is 0.188 e. The SMILES string of the molecule is CCC(C)OCC(=O)c1ccc(Cl)cc1. The predicted octanol–water partition coefficient (Wildman–Crippen LogP) is 3.34. The van der Waals surface area contributed by atoms with E-state index in [0.29, 0.717) is 10.6 Å². The lowest BCUT2D eigenvalue weighted by Gasteiger charge is -2.09. The molecule has 1 aromatic carbocycles. The van der Waals surface area contributed by atoms with Gasteiger partial charge < -0.3 is 4.74 Å². The van der Waals surface area contributed by atoms with E-state index in [2.05, 4.69) is 0 Å². The Labute approximate surface area is 95.2 Å². The summed E-state index contributed by atoms with van der Waals surface area (Å²) in [5, 5.41) is 0.634. The normalized spacial score (nSPS) is 12.5. The van der Waals surface area contributed by atoms with Crippen molar-refractivity contribution >= 4 is 17.4 Å². The van der Waals surface area contributed by atoms with Crippen LogP contribution in [0.15, 0.2) is 24.3 Å². The fraction of sp³-hybridized carbons (Fsp3) is 0.417. The Morgan fingerprint density at radius 3 is 2.53 bits per heavy atom. The molecule has 1 rings (SSSR count). The van der Waals surface area contributed by atoms with Crippen LogP contribution in [0.2, 0.25) is 5.02 Å². The second-order valence-electron chi connectivity index (χ2n) is 3.46. The Balaban J connectivity index is 2.50. The zero-order valence-corrected chi connectivity index (χ0v) is 9.75. The van der Waals surface area contributed by atoms with Gasteiger partial charge in [-0.25, -0.2) is 0 Å². The van der Waals surface area contributed by atoms with Crippen molar-refractivity contribution in [2.24, 2.45) is 0 Å². The highest BCUT2D eigenvalue weighted by Gasteiger charge is 2.07. The fourth-order valence-corrected chi connectivity index (χ4v) is 1.18. The Hall–Kier alpha value is -0.860. The quantitative estimate of drug-likeness (QED) is 0.720. The maximum Gasteiger partial charge on any atom is 0.188 e. The molecule has 0 aliphatic heterocycles. The first kappa shape index (κ1) is 12.2. The van der Waals surface area contributed by atoms with Gasteiger partial charge in [0.15, 0.2) is 5.78 Å². The summed E-state index contributed by atoms with van der Waals surface area (Å²) in [6.45, 7) is 4.11. The number of benzene rings is 1. The first-order valence-electron chi connectivity index (χ1n) is 5.04. The lowest BCUT2D eigenvalue weighted by molar-refractivity contribution is 0.0511. The molecular weight excluding hydrogens is 212 g/mol. The molecule has 0 saturated heterocycles. The topological polar surface area (TPSA) is 26.3 Å². The number of halogens is 1. The number of carbonyl (C=O) groups is 1. The van der Waals surface area contributed by atoms with Gasteiger partial charge in [-0.05, 0) is 37.6 Å². The minimum absolute atomic E-state index is 0.00744. The van der Waals surface area contributed by atoms with Gasteiger partial charge >= 0.3 is 0 Å². The van der Waals surface area contributed by atoms with Crippen molar-refractivity contribution in [2.45, 2.75) is 26.4 Å². The summed E-state index contributed by atoms with van der Waals surface area (Å²) in [6.07, 6.45) is 1.04. The molecule has 0 heterocycles. The van der Waals surface area contributed by atoms with Crippen LogP contribution >= 0.6 is 11.6 Å². The van der Waals surface area contributed by atoms with Crippen LogP contribution in [-0.2, 0) is 4.74 Å². The summed E-state index contributed by atoms with van der Waals surface area (Å²) in [4.78, 5) is 11.6. The van der Waals surface area contributed by atoms with Gasteiger partial charge in [0.05, 0.1) is 6.10 Å². The lowest BCUT2D eigenvalue weighted by Crippen LogP contribution is -2.15. The van der Waals surface area contributed by atoms with Crippen LogP contribution < -0.4 is 0 Å². The van der Waals surface area contributed by atoms with Crippen LogP contribution in [0.1, 0.15) is 30.6 Å². The number of Topliss-reactive ketones (excluding diaryl/α,β-unsaturated/α-hetero) is 1. The predicted molar refractivity (Wildman–Crippen MR) is 61.5 cm³/mol. The molecule has 0 aliphatic rings. The van der Waals surface area contributed by atoms with E-state index >= 15 is 0 Å². The third-order valence-electron chi connectivity index (χ3n) is 2.24. The Bertz CT molecular complexity index is 319. The maximum absolute atomic E-state index is 11.6. The lowest BCUT2D eigenvalue weighted by atomic mass is 10.1. The van der Waals surface area contributed by atoms with Crippen molar-refractivity contribution in [1.82, 2.24) is 0 Å². The van der Waals surface area contributed by atoms with Gasteiger partial charge in [0.1, 0.15) is 6.61 Å². The number of hydrogen-bond acceptors (Lipinski definition) is 2. The zero-order valence-electron chi connectivity index (χ0n) is 9.00. The van der Waals surface area contributed by atoms with E-state index in [4.69, 9.17) is 16.3 Å². The standard InChI is InChI=1S/C12H15ClO2/c1-3-9(2)15-8-12(14)10-4-6-11(13)7-5-10/h4-7,9H,3,8H2,1-2H3. The third-order valence-corrected chi connectivity index (χ3v) is 2.49. The summed E-state index contributed by atoms with van der Waals surface area (Å²) in [7, 11) is 0. The maximum atomic E-state index is 11.6. The van der Waals surface area contributed by atoms with Gasteiger partial charge in [0, 0.05) is 10.6 Å². The molecule has 82 valence electrons. The van der Waals surface area contributed by atoms with Crippen molar-refractivity contribution in [2.75, 3.05) is 6.61 Å². The minimum atomic E-state index is -0.00744. The average Bonchev–Trinajstić information content (AvgIpc) is 2.26. The molecule has 0 amide bonds. The molecule has 0 N–H and O–H groups in total. The van der Waals surface area contributed by atoms with Crippen molar-refractivity contribution in [1.29, 1.82) is 0 Å². The van der Waals surface area contributed by atoms with Crippen molar-refractivity contribution < 1.29 is 9.53 Å². The Morgan fingerprint density at radius 2 is 2.00 bits per heavy atom. The molecule has 0 bridgehead atoms. The van der Waals surface area contributed by atoms with E-state index in [1.165, 1.54) is 0 Å². The highest BCUT2D eigenvalue weighted by molar-refractivity contribution is 6.30. The molecule has 1 atom stereocenters. The summed E-state index contributed by atoms with van der Waals surface area (Å²) in [5.41, 5.74) is 0.641. The second kappa shape index (κ2) is 5.89. The van der Waals surface area contributed by atoms with E-state index in [1.807, 2.05) is 13.8 Å². The molecule has 15 heavy (non-hydrogen) atoms. The van der Waals surface area contributed by atoms with Crippen molar-refractivity contribution in [3.63, 3.8) is 0 Å². The number of carbonyl (C=O) groups excluding carboxylic acids is 1. The monoisotopic (exact) mass is 226 g/mol. The van der Waals surface area contributed by atoms with Crippen LogP contribution in [-0.4, -0.2) is 18.5 Å².